The predicted molar refractivity (Wildman–Crippen MR) is 78.9 cm³/mol. The number of aromatic carboxylic acids is 1. The highest BCUT2D eigenvalue weighted by Gasteiger charge is 2.15. The largest absolute Gasteiger partial charge is 0.478 e. The maximum Gasteiger partial charge on any atom is 0.335 e. The molecule has 2 aromatic rings. The fourth-order valence-electron chi connectivity index (χ4n) is 2.14. The van der Waals surface area contributed by atoms with E-state index in [1.165, 1.54) is 19.2 Å². The van der Waals surface area contributed by atoms with Crippen molar-refractivity contribution >= 4 is 27.0 Å². The quantitative estimate of drug-likeness (QED) is 0.823. The molecule has 0 fully saturated rings. The Morgan fingerprint density at radius 3 is 2.71 bits per heavy atom. The molecule has 7 nitrogen and oxygen atoms in total. The van der Waals surface area contributed by atoms with Crippen molar-refractivity contribution in [1.29, 1.82) is 0 Å². The summed E-state index contributed by atoms with van der Waals surface area (Å²) < 4.78 is 27.2. The highest BCUT2D eigenvalue weighted by atomic mass is 32.2. The summed E-state index contributed by atoms with van der Waals surface area (Å²) in [6.07, 6.45) is 0.636. The molecule has 0 radical (unpaired) electrons. The lowest BCUT2D eigenvalue weighted by molar-refractivity contribution is 0.0697. The van der Waals surface area contributed by atoms with Gasteiger partial charge in [-0.1, -0.05) is 6.92 Å². The summed E-state index contributed by atoms with van der Waals surface area (Å²) in [6, 6.07) is 4.66. The van der Waals surface area contributed by atoms with Crippen LogP contribution in [0.4, 0.5) is 0 Å². The molecule has 0 spiro atoms. The Morgan fingerprint density at radius 1 is 1.43 bits per heavy atom. The van der Waals surface area contributed by atoms with E-state index in [-0.39, 0.29) is 17.9 Å². The van der Waals surface area contributed by atoms with Crippen LogP contribution in [0.2, 0.25) is 0 Å². The van der Waals surface area contributed by atoms with Crippen LogP contribution >= 0.6 is 0 Å². The first-order valence-corrected chi connectivity index (χ1v) is 8.17. The SMILES string of the molecule is CCc1nc2ccc(C(=O)O)cc2n1CCS(=O)(=O)NC. The van der Waals surface area contributed by atoms with Gasteiger partial charge in [-0.15, -0.1) is 0 Å². The average molecular weight is 311 g/mol. The van der Waals surface area contributed by atoms with Gasteiger partial charge in [0.05, 0.1) is 22.3 Å². The Labute approximate surface area is 122 Å². The number of nitrogens with one attached hydrogen (secondary N) is 1. The van der Waals surface area contributed by atoms with Crippen LogP contribution in [-0.2, 0) is 23.0 Å². The molecule has 8 heteroatoms. The van der Waals surface area contributed by atoms with Gasteiger partial charge in [0.2, 0.25) is 10.0 Å². The summed E-state index contributed by atoms with van der Waals surface area (Å²) in [6.45, 7) is 2.15. The van der Waals surface area contributed by atoms with Crippen molar-refractivity contribution in [1.82, 2.24) is 14.3 Å². The first kappa shape index (κ1) is 15.5. The minimum atomic E-state index is -3.33. The van der Waals surface area contributed by atoms with Crippen molar-refractivity contribution < 1.29 is 18.3 Å². The van der Waals surface area contributed by atoms with E-state index in [1.807, 2.05) is 6.92 Å². The van der Waals surface area contributed by atoms with Gasteiger partial charge in [-0.25, -0.2) is 22.9 Å². The third-order valence-electron chi connectivity index (χ3n) is 3.29. The molecule has 1 aromatic carbocycles. The first-order valence-electron chi connectivity index (χ1n) is 6.51. The molecule has 0 saturated heterocycles. The number of sulfonamides is 1. The average Bonchev–Trinajstić information content (AvgIpc) is 2.82. The van der Waals surface area contributed by atoms with E-state index in [4.69, 9.17) is 5.11 Å². The van der Waals surface area contributed by atoms with Crippen LogP contribution in [0, 0.1) is 0 Å². The second-order valence-corrected chi connectivity index (χ2v) is 6.61. The molecular formula is C13H17N3O4S. The maximum absolute atomic E-state index is 11.6. The van der Waals surface area contributed by atoms with Gasteiger partial charge in [-0.3, -0.25) is 0 Å². The van der Waals surface area contributed by atoms with Crippen LogP contribution in [0.1, 0.15) is 23.1 Å². The molecular weight excluding hydrogens is 294 g/mol. The summed E-state index contributed by atoms with van der Waals surface area (Å²) in [4.78, 5) is 15.5. The lowest BCUT2D eigenvalue weighted by Gasteiger charge is -2.08. The molecule has 0 aliphatic heterocycles. The Kier molecular flexibility index (Phi) is 4.29. The van der Waals surface area contributed by atoms with Gasteiger partial charge in [0.1, 0.15) is 5.82 Å². The standard InChI is InChI=1S/C13H17N3O4S/c1-3-12-15-10-5-4-9(13(17)18)8-11(10)16(12)6-7-21(19,20)14-2/h4-5,8,14H,3,6-7H2,1-2H3,(H,17,18). The third-order valence-corrected chi connectivity index (χ3v) is 4.63. The molecule has 0 aliphatic carbocycles. The smallest absolute Gasteiger partial charge is 0.335 e. The summed E-state index contributed by atoms with van der Waals surface area (Å²) >= 11 is 0. The summed E-state index contributed by atoms with van der Waals surface area (Å²) in [5, 5.41) is 9.06. The zero-order valence-corrected chi connectivity index (χ0v) is 12.6. The van der Waals surface area contributed by atoms with E-state index >= 15 is 0 Å². The Bertz CT molecular complexity index is 780. The van der Waals surface area contributed by atoms with Gasteiger partial charge in [0.15, 0.2) is 0 Å². The second-order valence-electron chi connectivity index (χ2n) is 4.56. The Hall–Kier alpha value is -1.93. The molecule has 21 heavy (non-hydrogen) atoms. The molecule has 0 amide bonds. The van der Waals surface area contributed by atoms with Crippen LogP contribution in [0.5, 0.6) is 0 Å². The third kappa shape index (κ3) is 3.22. The molecule has 0 atom stereocenters. The number of rotatable bonds is 6. The molecule has 0 aliphatic rings. The summed E-state index contributed by atoms with van der Waals surface area (Å²) in [5.74, 6) is -0.372. The second kappa shape index (κ2) is 5.82. The lowest BCUT2D eigenvalue weighted by atomic mass is 10.2. The number of fused-ring (bicyclic) bond motifs is 1. The van der Waals surface area contributed by atoms with Crippen molar-refractivity contribution in [3.8, 4) is 0 Å². The fourth-order valence-corrected chi connectivity index (χ4v) is 2.77. The van der Waals surface area contributed by atoms with E-state index in [9.17, 15) is 13.2 Å². The minimum absolute atomic E-state index is 0.0841. The van der Waals surface area contributed by atoms with Crippen LogP contribution in [0.25, 0.3) is 11.0 Å². The lowest BCUT2D eigenvalue weighted by Crippen LogP contribution is -2.25. The number of carboxylic acids is 1. The number of aryl methyl sites for hydroxylation is 2. The molecule has 0 saturated carbocycles. The van der Waals surface area contributed by atoms with Gasteiger partial charge >= 0.3 is 5.97 Å². The molecule has 1 aromatic heterocycles. The minimum Gasteiger partial charge on any atom is -0.478 e. The monoisotopic (exact) mass is 311 g/mol. The summed E-state index contributed by atoms with van der Waals surface area (Å²) in [7, 11) is -1.96. The maximum atomic E-state index is 11.6. The molecule has 114 valence electrons. The van der Waals surface area contributed by atoms with Crippen LogP contribution < -0.4 is 4.72 Å². The number of nitrogens with zero attached hydrogens (tertiary/aromatic N) is 2. The topological polar surface area (TPSA) is 101 Å². The fraction of sp³-hybridized carbons (Fsp3) is 0.385. The van der Waals surface area contributed by atoms with Gasteiger partial charge in [-0.05, 0) is 25.2 Å². The van der Waals surface area contributed by atoms with Gasteiger partial charge in [0, 0.05) is 13.0 Å². The Morgan fingerprint density at radius 2 is 2.14 bits per heavy atom. The molecule has 2 rings (SSSR count). The predicted octanol–water partition coefficient (Wildman–Crippen LogP) is 0.846. The number of benzene rings is 1. The number of hydrogen-bond acceptors (Lipinski definition) is 4. The van der Waals surface area contributed by atoms with Crippen LogP contribution in [0.15, 0.2) is 18.2 Å². The molecule has 0 unspecified atom stereocenters. The Balaban J connectivity index is 2.48. The van der Waals surface area contributed by atoms with E-state index < -0.39 is 16.0 Å². The number of imidazole rings is 1. The van der Waals surface area contributed by atoms with Crippen molar-refractivity contribution in [2.75, 3.05) is 12.8 Å². The number of carbonyl (C=O) groups is 1. The van der Waals surface area contributed by atoms with E-state index in [0.717, 1.165) is 5.82 Å². The van der Waals surface area contributed by atoms with Gasteiger partial charge in [0.25, 0.3) is 0 Å². The number of hydrogen-bond donors (Lipinski definition) is 2. The van der Waals surface area contributed by atoms with E-state index in [2.05, 4.69) is 9.71 Å². The van der Waals surface area contributed by atoms with Crippen molar-refractivity contribution in [2.24, 2.45) is 0 Å². The first-order chi connectivity index (χ1) is 9.88. The zero-order chi connectivity index (χ0) is 15.6. The normalized spacial score (nSPS) is 11.9. The summed E-state index contributed by atoms with van der Waals surface area (Å²) in [5.41, 5.74) is 1.46. The molecule has 1 heterocycles. The van der Waals surface area contributed by atoms with Crippen molar-refractivity contribution in [3.63, 3.8) is 0 Å². The zero-order valence-electron chi connectivity index (χ0n) is 11.8. The van der Waals surface area contributed by atoms with E-state index in [1.54, 1.807) is 10.6 Å². The number of aromatic nitrogens is 2. The highest BCUT2D eigenvalue weighted by molar-refractivity contribution is 7.89. The van der Waals surface area contributed by atoms with E-state index in [0.29, 0.717) is 17.5 Å². The van der Waals surface area contributed by atoms with Crippen LogP contribution in [-0.4, -0.2) is 41.8 Å². The number of carboxylic acid groups (broad SMARTS) is 1. The highest BCUT2D eigenvalue weighted by Crippen LogP contribution is 2.19. The van der Waals surface area contributed by atoms with Crippen LogP contribution in [0.3, 0.4) is 0 Å². The van der Waals surface area contributed by atoms with Crippen molar-refractivity contribution in [2.45, 2.75) is 19.9 Å². The molecule has 0 bridgehead atoms. The van der Waals surface area contributed by atoms with Gasteiger partial charge in [-0.2, -0.15) is 0 Å². The van der Waals surface area contributed by atoms with Crippen molar-refractivity contribution in [3.05, 3.63) is 29.6 Å². The molecule has 2 N–H and O–H groups in total. The van der Waals surface area contributed by atoms with Gasteiger partial charge < -0.3 is 9.67 Å².